The van der Waals surface area contributed by atoms with Crippen molar-refractivity contribution in [1.29, 1.82) is 0 Å². The fourth-order valence-corrected chi connectivity index (χ4v) is 2.24. The van der Waals surface area contributed by atoms with E-state index in [0.717, 1.165) is 0 Å². The van der Waals surface area contributed by atoms with Crippen molar-refractivity contribution in [2.45, 2.75) is 37.6 Å². The molecule has 0 aliphatic carbocycles. The molecule has 0 spiro atoms. The van der Waals surface area contributed by atoms with Gasteiger partial charge in [0.15, 0.2) is 0 Å². The van der Waals surface area contributed by atoms with Crippen molar-refractivity contribution in [1.82, 2.24) is 10.6 Å². The molecule has 0 radical (unpaired) electrons. The van der Waals surface area contributed by atoms with E-state index in [4.69, 9.17) is 5.73 Å². The lowest BCUT2D eigenvalue weighted by Gasteiger charge is -2.24. The molecule has 0 unspecified atom stereocenters. The van der Waals surface area contributed by atoms with Gasteiger partial charge in [-0.2, -0.15) is 12.6 Å². The summed E-state index contributed by atoms with van der Waals surface area (Å²) in [7, 11) is 0. The minimum Gasteiger partial charge on any atom is -0.508 e. The summed E-state index contributed by atoms with van der Waals surface area (Å²) in [4.78, 5) is 35.6. The smallest absolute Gasteiger partial charge is 0.326 e. The Morgan fingerprint density at radius 2 is 1.73 bits per heavy atom. The van der Waals surface area contributed by atoms with E-state index in [1.54, 1.807) is 0 Å². The van der Waals surface area contributed by atoms with Crippen LogP contribution in [0.4, 0.5) is 0 Å². The van der Waals surface area contributed by atoms with Crippen LogP contribution in [0.15, 0.2) is 24.3 Å². The topological polar surface area (TPSA) is 162 Å². The first kappa shape index (κ1) is 21.7. The molecule has 0 fully saturated rings. The van der Waals surface area contributed by atoms with E-state index < -0.39 is 42.0 Å². The third-order valence-electron chi connectivity index (χ3n) is 3.59. The van der Waals surface area contributed by atoms with Crippen molar-refractivity contribution in [3.8, 4) is 5.75 Å². The second-order valence-corrected chi connectivity index (χ2v) is 6.15. The molecule has 2 amide bonds. The van der Waals surface area contributed by atoms with Crippen molar-refractivity contribution in [2.75, 3.05) is 5.75 Å². The Hall–Kier alpha value is -2.30. The highest BCUT2D eigenvalue weighted by molar-refractivity contribution is 7.80. The number of carboxylic acids is 1. The molecule has 4 atom stereocenters. The van der Waals surface area contributed by atoms with Crippen LogP contribution in [-0.4, -0.2) is 63.1 Å². The third kappa shape index (κ3) is 6.54. The highest BCUT2D eigenvalue weighted by atomic mass is 32.1. The standard InChI is InChI=1S/C16H23N3O6S/c1-8(20)13(19-14(22)11(17)7-26)15(23)18-12(16(24)25)6-9-2-4-10(21)5-3-9/h2-5,8,11-13,20-21,26H,6-7,17H2,1H3,(H,18,23)(H,19,22)(H,24,25)/t8-,11+,12+,13+/m1/s1. The Morgan fingerprint density at radius 1 is 1.15 bits per heavy atom. The van der Waals surface area contributed by atoms with Crippen molar-refractivity contribution < 1.29 is 29.7 Å². The van der Waals surface area contributed by atoms with Gasteiger partial charge < -0.3 is 31.7 Å². The van der Waals surface area contributed by atoms with Crippen LogP contribution in [0, 0.1) is 0 Å². The predicted molar refractivity (Wildman–Crippen MR) is 96.8 cm³/mol. The van der Waals surface area contributed by atoms with E-state index in [2.05, 4.69) is 23.3 Å². The molecule has 0 aliphatic rings. The number of phenolic OH excluding ortho intramolecular Hbond substituents is 1. The molecule has 0 aliphatic heterocycles. The van der Waals surface area contributed by atoms with Crippen molar-refractivity contribution in [3.05, 3.63) is 29.8 Å². The maximum atomic E-state index is 12.3. The summed E-state index contributed by atoms with van der Waals surface area (Å²) < 4.78 is 0. The number of hydrogen-bond acceptors (Lipinski definition) is 7. The third-order valence-corrected chi connectivity index (χ3v) is 3.98. The molecule has 10 heteroatoms. The van der Waals surface area contributed by atoms with E-state index in [1.165, 1.54) is 31.2 Å². The Balaban J connectivity index is 2.83. The molecule has 0 heterocycles. The molecule has 0 saturated carbocycles. The van der Waals surface area contributed by atoms with Crippen LogP contribution in [0.1, 0.15) is 12.5 Å². The Kier molecular flexibility index (Phi) is 8.36. The van der Waals surface area contributed by atoms with E-state index >= 15 is 0 Å². The maximum Gasteiger partial charge on any atom is 0.326 e. The molecular weight excluding hydrogens is 362 g/mol. The van der Waals surface area contributed by atoms with Crippen LogP contribution >= 0.6 is 12.6 Å². The molecular formula is C16H23N3O6S. The first-order valence-corrected chi connectivity index (χ1v) is 8.45. The number of aliphatic carboxylic acids is 1. The minimum absolute atomic E-state index is 0.0297. The van der Waals surface area contributed by atoms with Crippen molar-refractivity contribution >= 4 is 30.4 Å². The number of aromatic hydroxyl groups is 1. The molecule has 1 rings (SSSR count). The van der Waals surface area contributed by atoms with Gasteiger partial charge in [-0.05, 0) is 24.6 Å². The largest absolute Gasteiger partial charge is 0.508 e. The quantitative estimate of drug-likeness (QED) is 0.258. The van der Waals surface area contributed by atoms with Gasteiger partial charge in [-0.15, -0.1) is 0 Å². The lowest BCUT2D eigenvalue weighted by Crippen LogP contribution is -2.58. The van der Waals surface area contributed by atoms with Crippen molar-refractivity contribution in [3.63, 3.8) is 0 Å². The number of aliphatic hydroxyl groups is 1. The fourth-order valence-electron chi connectivity index (χ4n) is 2.08. The molecule has 9 nitrogen and oxygen atoms in total. The van der Waals surface area contributed by atoms with Crippen LogP contribution in [0.3, 0.4) is 0 Å². The van der Waals surface area contributed by atoms with Gasteiger partial charge >= 0.3 is 5.97 Å². The highest BCUT2D eigenvalue weighted by Gasteiger charge is 2.30. The van der Waals surface area contributed by atoms with Gasteiger partial charge in [-0.25, -0.2) is 4.79 Å². The molecule has 0 aromatic heterocycles. The number of thiol groups is 1. The van der Waals surface area contributed by atoms with Gasteiger partial charge in [0.2, 0.25) is 11.8 Å². The van der Waals surface area contributed by atoms with E-state index in [1.807, 2.05) is 0 Å². The Bertz CT molecular complexity index is 637. The molecule has 1 aromatic rings. The van der Waals surface area contributed by atoms with Gasteiger partial charge in [0.1, 0.15) is 17.8 Å². The SMILES string of the molecule is C[C@@H](O)[C@H](NC(=O)[C@@H](N)CS)C(=O)N[C@@H](Cc1ccc(O)cc1)C(=O)O. The second-order valence-electron chi connectivity index (χ2n) is 5.79. The summed E-state index contributed by atoms with van der Waals surface area (Å²) in [5, 5.41) is 32.9. The predicted octanol–water partition coefficient (Wildman–Crippen LogP) is -1.37. The molecule has 0 saturated heterocycles. The van der Waals surface area contributed by atoms with Gasteiger partial charge in [-0.1, -0.05) is 12.1 Å². The van der Waals surface area contributed by atoms with Crippen molar-refractivity contribution in [2.24, 2.45) is 5.73 Å². The van der Waals surface area contributed by atoms with Crippen LogP contribution in [-0.2, 0) is 20.8 Å². The van der Waals surface area contributed by atoms with Crippen LogP contribution in [0.2, 0.25) is 0 Å². The number of phenols is 1. The van der Waals surface area contributed by atoms with Crippen LogP contribution in [0.5, 0.6) is 5.75 Å². The number of aliphatic hydroxyl groups excluding tert-OH is 1. The van der Waals surface area contributed by atoms with Gasteiger partial charge in [0.25, 0.3) is 0 Å². The number of carbonyl (C=O) groups excluding carboxylic acids is 2. The highest BCUT2D eigenvalue weighted by Crippen LogP contribution is 2.11. The summed E-state index contributed by atoms with van der Waals surface area (Å²) in [6.45, 7) is 1.28. The monoisotopic (exact) mass is 385 g/mol. The molecule has 144 valence electrons. The molecule has 1 aromatic carbocycles. The van der Waals surface area contributed by atoms with Gasteiger partial charge in [0, 0.05) is 12.2 Å². The number of rotatable bonds is 9. The Morgan fingerprint density at radius 3 is 2.19 bits per heavy atom. The first-order chi connectivity index (χ1) is 12.1. The number of carbonyl (C=O) groups is 3. The molecule has 26 heavy (non-hydrogen) atoms. The van der Waals surface area contributed by atoms with Crippen LogP contribution < -0.4 is 16.4 Å². The van der Waals surface area contributed by atoms with Gasteiger partial charge in [0.05, 0.1) is 12.1 Å². The van der Waals surface area contributed by atoms with Crippen LogP contribution in [0.25, 0.3) is 0 Å². The lowest BCUT2D eigenvalue weighted by atomic mass is 10.0. The minimum atomic E-state index is -1.37. The average Bonchev–Trinajstić information content (AvgIpc) is 2.59. The van der Waals surface area contributed by atoms with Gasteiger partial charge in [-0.3, -0.25) is 9.59 Å². The normalized spacial score (nSPS) is 15.4. The summed E-state index contributed by atoms with van der Waals surface area (Å²) in [5.41, 5.74) is 6.09. The molecule has 7 N–H and O–H groups in total. The summed E-state index contributed by atoms with van der Waals surface area (Å²) in [6, 6.07) is 2.22. The molecule has 0 bridgehead atoms. The lowest BCUT2D eigenvalue weighted by molar-refractivity contribution is -0.142. The number of nitrogens with one attached hydrogen (secondary N) is 2. The number of amides is 2. The number of carboxylic acid groups (broad SMARTS) is 1. The summed E-state index contributed by atoms with van der Waals surface area (Å²) >= 11 is 3.88. The number of nitrogens with two attached hydrogens (primary N) is 1. The van der Waals surface area contributed by atoms with E-state index in [9.17, 15) is 29.7 Å². The Labute approximate surface area is 156 Å². The number of benzene rings is 1. The maximum absolute atomic E-state index is 12.3. The second kappa shape index (κ2) is 10.00. The zero-order chi connectivity index (χ0) is 19.9. The average molecular weight is 385 g/mol. The summed E-state index contributed by atoms with van der Waals surface area (Å²) in [6.07, 6.45) is -1.31. The fraction of sp³-hybridized carbons (Fsp3) is 0.438. The van der Waals surface area contributed by atoms with E-state index in [-0.39, 0.29) is 17.9 Å². The van der Waals surface area contributed by atoms with E-state index in [0.29, 0.717) is 5.56 Å². The zero-order valence-electron chi connectivity index (χ0n) is 14.1. The number of hydrogen-bond donors (Lipinski definition) is 7. The summed E-state index contributed by atoms with van der Waals surface area (Å²) in [5.74, 6) is -2.76. The zero-order valence-corrected chi connectivity index (χ0v) is 15.0. The first-order valence-electron chi connectivity index (χ1n) is 7.81.